The Morgan fingerprint density at radius 2 is 2.15 bits per heavy atom. The molecule has 0 fully saturated rings. The molecule has 1 aliphatic rings. The van der Waals surface area contributed by atoms with Crippen LogP contribution in [0.15, 0.2) is 30.3 Å². The van der Waals surface area contributed by atoms with Crippen molar-refractivity contribution >= 4 is 11.4 Å². The number of ketones is 1. The van der Waals surface area contributed by atoms with E-state index in [9.17, 15) is 4.79 Å². The zero-order valence-electron chi connectivity index (χ0n) is 7.71. The van der Waals surface area contributed by atoms with Gasteiger partial charge in [-0.2, -0.15) is 0 Å². The van der Waals surface area contributed by atoms with Gasteiger partial charge in [0.05, 0.1) is 0 Å². The summed E-state index contributed by atoms with van der Waals surface area (Å²) >= 11 is 0. The molecule has 0 aromatic heterocycles. The first-order valence-corrected chi connectivity index (χ1v) is 4.54. The van der Waals surface area contributed by atoms with Crippen LogP contribution in [-0.4, -0.2) is 5.78 Å². The molecule has 0 unspecified atom stereocenters. The average Bonchev–Trinajstić information content (AvgIpc) is 2.48. The number of rotatable bonds is 2. The Morgan fingerprint density at radius 1 is 1.38 bits per heavy atom. The van der Waals surface area contributed by atoms with E-state index in [1.54, 1.807) is 6.92 Å². The lowest BCUT2D eigenvalue weighted by molar-refractivity contribution is -0.116. The third kappa shape index (κ3) is 1.55. The molecule has 1 nitrogen and oxygen atoms in total. The van der Waals surface area contributed by atoms with Crippen LogP contribution in [0.2, 0.25) is 0 Å². The van der Waals surface area contributed by atoms with Crippen molar-refractivity contribution < 1.29 is 4.79 Å². The quantitative estimate of drug-likeness (QED) is 0.670. The van der Waals surface area contributed by atoms with E-state index >= 15 is 0 Å². The van der Waals surface area contributed by atoms with Crippen molar-refractivity contribution in [2.24, 2.45) is 0 Å². The van der Waals surface area contributed by atoms with Crippen LogP contribution in [0.4, 0.5) is 0 Å². The highest BCUT2D eigenvalue weighted by atomic mass is 16.1. The maximum Gasteiger partial charge on any atom is 0.134 e. The normalized spacial score (nSPS) is 13.8. The zero-order chi connectivity index (χ0) is 9.26. The minimum absolute atomic E-state index is 0.239. The van der Waals surface area contributed by atoms with E-state index in [0.29, 0.717) is 6.42 Å². The maximum atomic E-state index is 11.0. The summed E-state index contributed by atoms with van der Waals surface area (Å²) in [6, 6.07) is 8.29. The summed E-state index contributed by atoms with van der Waals surface area (Å²) in [5, 5.41) is 0. The molecule has 0 saturated carbocycles. The van der Waals surface area contributed by atoms with E-state index in [0.717, 1.165) is 6.42 Å². The van der Waals surface area contributed by atoms with Crippen LogP contribution >= 0.6 is 0 Å². The molecule has 0 bridgehead atoms. The number of hydrogen-bond donors (Lipinski definition) is 0. The first-order valence-electron chi connectivity index (χ1n) is 4.54. The third-order valence-corrected chi connectivity index (χ3v) is 2.37. The molecule has 0 aliphatic heterocycles. The standard InChI is InChI=1S/C12H12O/c1-9(13)8-11-7-6-10-4-2-3-5-12(10)11/h2-5,7H,6,8H2,1H3. The van der Waals surface area contributed by atoms with Crippen LogP contribution in [0.1, 0.15) is 24.5 Å². The molecule has 0 amide bonds. The van der Waals surface area contributed by atoms with Crippen molar-refractivity contribution in [3.05, 3.63) is 41.5 Å². The second-order valence-electron chi connectivity index (χ2n) is 3.47. The minimum Gasteiger partial charge on any atom is -0.300 e. The predicted molar refractivity (Wildman–Crippen MR) is 53.4 cm³/mol. The summed E-state index contributed by atoms with van der Waals surface area (Å²) in [6.45, 7) is 1.64. The molecule has 0 radical (unpaired) electrons. The van der Waals surface area contributed by atoms with E-state index in [1.165, 1.54) is 16.7 Å². The lowest BCUT2D eigenvalue weighted by atomic mass is 10.0. The Kier molecular flexibility index (Phi) is 2.01. The van der Waals surface area contributed by atoms with E-state index in [2.05, 4.69) is 18.2 Å². The molecule has 66 valence electrons. The molecule has 13 heavy (non-hydrogen) atoms. The van der Waals surface area contributed by atoms with Gasteiger partial charge in [0.15, 0.2) is 0 Å². The Morgan fingerprint density at radius 3 is 2.92 bits per heavy atom. The second kappa shape index (κ2) is 3.17. The van der Waals surface area contributed by atoms with Crippen LogP contribution in [0.5, 0.6) is 0 Å². The second-order valence-corrected chi connectivity index (χ2v) is 3.47. The first-order chi connectivity index (χ1) is 6.27. The van der Waals surface area contributed by atoms with Crippen molar-refractivity contribution in [2.45, 2.75) is 19.8 Å². The summed E-state index contributed by atoms with van der Waals surface area (Å²) in [6.07, 6.45) is 3.72. The van der Waals surface area contributed by atoms with Gasteiger partial charge in [-0.1, -0.05) is 30.3 Å². The van der Waals surface area contributed by atoms with E-state index in [4.69, 9.17) is 0 Å². The van der Waals surface area contributed by atoms with Crippen molar-refractivity contribution in [3.63, 3.8) is 0 Å². The molecular formula is C12H12O. The van der Waals surface area contributed by atoms with Gasteiger partial charge in [0.25, 0.3) is 0 Å². The summed E-state index contributed by atoms with van der Waals surface area (Å²) < 4.78 is 0. The van der Waals surface area contributed by atoms with Crippen LogP contribution in [0.25, 0.3) is 5.57 Å². The van der Waals surface area contributed by atoms with Crippen molar-refractivity contribution in [1.82, 2.24) is 0 Å². The van der Waals surface area contributed by atoms with Gasteiger partial charge in [0, 0.05) is 6.42 Å². The minimum atomic E-state index is 0.239. The summed E-state index contributed by atoms with van der Waals surface area (Å²) in [4.78, 5) is 11.0. The van der Waals surface area contributed by atoms with E-state index in [-0.39, 0.29) is 5.78 Å². The monoisotopic (exact) mass is 172 g/mol. The van der Waals surface area contributed by atoms with Crippen molar-refractivity contribution in [1.29, 1.82) is 0 Å². The summed E-state index contributed by atoms with van der Waals surface area (Å²) in [7, 11) is 0. The van der Waals surface area contributed by atoms with Gasteiger partial charge in [-0.05, 0) is 30.0 Å². The zero-order valence-corrected chi connectivity index (χ0v) is 7.71. The van der Waals surface area contributed by atoms with Crippen LogP contribution in [0.3, 0.4) is 0 Å². The highest BCUT2D eigenvalue weighted by molar-refractivity contribution is 5.90. The molecule has 0 heterocycles. The Bertz CT molecular complexity index is 374. The topological polar surface area (TPSA) is 17.1 Å². The molecule has 0 N–H and O–H groups in total. The van der Waals surface area contributed by atoms with Gasteiger partial charge in [-0.15, -0.1) is 0 Å². The number of fused-ring (bicyclic) bond motifs is 1. The number of allylic oxidation sites excluding steroid dienone is 2. The number of carbonyl (C=O) groups is 1. The molecule has 1 aliphatic carbocycles. The molecule has 1 aromatic carbocycles. The lowest BCUT2D eigenvalue weighted by Gasteiger charge is -2.02. The predicted octanol–water partition coefficient (Wildman–Crippen LogP) is 2.61. The van der Waals surface area contributed by atoms with Gasteiger partial charge in [0.1, 0.15) is 5.78 Å². The Labute approximate surface area is 78.1 Å². The fourth-order valence-corrected chi connectivity index (χ4v) is 1.79. The number of carbonyl (C=O) groups excluding carboxylic acids is 1. The largest absolute Gasteiger partial charge is 0.300 e. The number of Topliss-reactive ketones (excluding diaryl/α,β-unsaturated/α-hetero) is 1. The Hall–Kier alpha value is -1.37. The molecule has 2 rings (SSSR count). The highest BCUT2D eigenvalue weighted by Crippen LogP contribution is 2.29. The van der Waals surface area contributed by atoms with Gasteiger partial charge in [-0.3, -0.25) is 4.79 Å². The molecule has 1 aromatic rings. The molecule has 0 atom stereocenters. The van der Waals surface area contributed by atoms with E-state index in [1.807, 2.05) is 12.1 Å². The molecule has 0 spiro atoms. The molecule has 0 saturated heterocycles. The van der Waals surface area contributed by atoms with Gasteiger partial charge in [-0.25, -0.2) is 0 Å². The van der Waals surface area contributed by atoms with E-state index < -0.39 is 0 Å². The van der Waals surface area contributed by atoms with Crippen LogP contribution in [-0.2, 0) is 11.2 Å². The lowest BCUT2D eigenvalue weighted by Crippen LogP contribution is -1.91. The maximum absolute atomic E-state index is 11.0. The van der Waals surface area contributed by atoms with Gasteiger partial charge in [0.2, 0.25) is 0 Å². The average molecular weight is 172 g/mol. The highest BCUT2D eigenvalue weighted by Gasteiger charge is 2.13. The van der Waals surface area contributed by atoms with Crippen molar-refractivity contribution in [3.8, 4) is 0 Å². The number of hydrogen-bond acceptors (Lipinski definition) is 1. The third-order valence-electron chi connectivity index (χ3n) is 2.37. The van der Waals surface area contributed by atoms with Crippen molar-refractivity contribution in [2.75, 3.05) is 0 Å². The Balaban J connectivity index is 2.31. The molecule has 1 heteroatoms. The summed E-state index contributed by atoms with van der Waals surface area (Å²) in [5.41, 5.74) is 3.81. The first kappa shape index (κ1) is 8.24. The molecular weight excluding hydrogens is 160 g/mol. The van der Waals surface area contributed by atoms with Gasteiger partial charge >= 0.3 is 0 Å². The van der Waals surface area contributed by atoms with Crippen LogP contribution < -0.4 is 0 Å². The van der Waals surface area contributed by atoms with Crippen LogP contribution in [0, 0.1) is 0 Å². The fourth-order valence-electron chi connectivity index (χ4n) is 1.79. The van der Waals surface area contributed by atoms with Gasteiger partial charge < -0.3 is 0 Å². The SMILES string of the molecule is CC(=O)CC1=CCc2ccccc21. The summed E-state index contributed by atoms with van der Waals surface area (Å²) in [5.74, 6) is 0.239. The smallest absolute Gasteiger partial charge is 0.134 e. The number of benzene rings is 1. The fraction of sp³-hybridized carbons (Fsp3) is 0.250.